The Hall–Kier alpha value is -2.33. The first-order valence-electron chi connectivity index (χ1n) is 9.18. The van der Waals surface area contributed by atoms with Crippen LogP contribution in [0.15, 0.2) is 30.3 Å². The summed E-state index contributed by atoms with van der Waals surface area (Å²) in [6.07, 6.45) is -5.20. The van der Waals surface area contributed by atoms with E-state index in [0.29, 0.717) is 0 Å². The minimum atomic E-state index is -5.20. The predicted octanol–water partition coefficient (Wildman–Crippen LogP) is 4.19. The molecule has 30 heavy (non-hydrogen) atoms. The molecule has 0 spiro atoms. The second-order valence-electron chi connectivity index (χ2n) is 6.64. The number of aromatic nitrogens is 1. The second kappa shape index (κ2) is 8.81. The number of ether oxygens (including phenoxy) is 1. The highest BCUT2D eigenvalue weighted by Crippen LogP contribution is 2.48. The van der Waals surface area contributed by atoms with E-state index in [2.05, 4.69) is 4.98 Å². The molecule has 0 radical (unpaired) electrons. The molecule has 0 saturated heterocycles. The zero-order chi connectivity index (χ0) is 22.7. The van der Waals surface area contributed by atoms with E-state index in [4.69, 9.17) is 10.5 Å². The van der Waals surface area contributed by atoms with Gasteiger partial charge in [0.15, 0.2) is 0 Å². The fourth-order valence-electron chi connectivity index (χ4n) is 3.00. The average Bonchev–Trinajstić information content (AvgIpc) is 3.13. The van der Waals surface area contributed by atoms with Crippen LogP contribution in [0.5, 0.6) is 5.75 Å². The van der Waals surface area contributed by atoms with Crippen molar-refractivity contribution in [1.82, 2.24) is 4.98 Å². The number of nitrogens with two attached hydrogens (primary N) is 1. The van der Waals surface area contributed by atoms with E-state index < -0.39 is 55.2 Å². The summed E-state index contributed by atoms with van der Waals surface area (Å²) < 4.78 is 86.4. The van der Waals surface area contributed by atoms with E-state index in [1.165, 1.54) is 12.1 Å². The minimum absolute atomic E-state index is 0.118. The zero-order valence-electron chi connectivity index (χ0n) is 16.4. The molecule has 1 unspecified atom stereocenters. The van der Waals surface area contributed by atoms with Crippen LogP contribution in [0.2, 0.25) is 0 Å². The number of rotatable bonds is 5. The van der Waals surface area contributed by atoms with E-state index in [0.717, 1.165) is 18.2 Å². The number of hydrogen-bond acceptors (Lipinski definition) is 4. The molecule has 10 heteroatoms. The second-order valence-corrected chi connectivity index (χ2v) is 6.64. The van der Waals surface area contributed by atoms with Gasteiger partial charge in [-0.15, -0.1) is 0 Å². The lowest BCUT2D eigenvalue weighted by atomic mass is 9.82. The molecule has 0 amide bonds. The molecule has 1 aliphatic heterocycles. The lowest BCUT2D eigenvalue weighted by Gasteiger charge is -2.30. The molecule has 2 aromatic rings. The smallest absolute Gasteiger partial charge is 0.424 e. The predicted molar refractivity (Wildman–Crippen MR) is 99.1 cm³/mol. The van der Waals surface area contributed by atoms with Crippen LogP contribution in [0.1, 0.15) is 25.1 Å². The number of pyridine rings is 1. The van der Waals surface area contributed by atoms with Crippen LogP contribution in [-0.4, -0.2) is 42.8 Å². The van der Waals surface area contributed by atoms with Gasteiger partial charge in [0, 0.05) is 17.7 Å². The summed E-state index contributed by atoms with van der Waals surface area (Å²) in [7, 11) is 0. The van der Waals surface area contributed by atoms with E-state index >= 15 is 0 Å². The minimum Gasteiger partial charge on any atom is -0.490 e. The van der Waals surface area contributed by atoms with Gasteiger partial charge in [0.25, 0.3) is 0 Å². The van der Waals surface area contributed by atoms with Gasteiger partial charge in [-0.3, -0.25) is 0 Å². The van der Waals surface area contributed by atoms with Crippen LogP contribution >= 0.6 is 0 Å². The Kier molecular flexibility index (Phi) is 7.03. The number of halogens is 6. The van der Waals surface area contributed by atoms with Crippen molar-refractivity contribution >= 4 is 0 Å². The van der Waals surface area contributed by atoms with Crippen molar-refractivity contribution in [2.45, 2.75) is 31.0 Å². The topological polar surface area (TPSA) is 68.4 Å². The molecular formula is C20H22F6N2O2. The van der Waals surface area contributed by atoms with Gasteiger partial charge in [0.05, 0.1) is 11.1 Å². The molecule has 166 valence electrons. The summed E-state index contributed by atoms with van der Waals surface area (Å²) in [5.74, 6) is -0.722. The van der Waals surface area contributed by atoms with Crippen LogP contribution in [0.4, 0.5) is 26.3 Å². The summed E-state index contributed by atoms with van der Waals surface area (Å²) in [6.45, 7) is -0.197. The van der Waals surface area contributed by atoms with E-state index in [1.807, 2.05) is 13.8 Å². The number of benzene rings is 1. The largest absolute Gasteiger partial charge is 0.490 e. The van der Waals surface area contributed by atoms with Crippen molar-refractivity contribution in [2.75, 3.05) is 26.5 Å². The van der Waals surface area contributed by atoms with Crippen molar-refractivity contribution in [3.8, 4) is 17.0 Å². The van der Waals surface area contributed by atoms with Gasteiger partial charge in [0.2, 0.25) is 5.60 Å². The van der Waals surface area contributed by atoms with Crippen LogP contribution in [0.25, 0.3) is 11.3 Å². The molecule has 0 saturated carbocycles. The quantitative estimate of drug-likeness (QED) is 0.690. The maximum Gasteiger partial charge on any atom is 0.424 e. The van der Waals surface area contributed by atoms with Crippen molar-refractivity contribution < 1.29 is 36.2 Å². The zero-order valence-corrected chi connectivity index (χ0v) is 16.4. The third-order valence-corrected chi connectivity index (χ3v) is 4.85. The van der Waals surface area contributed by atoms with Crippen LogP contribution in [-0.2, 0) is 11.0 Å². The molecule has 2 heterocycles. The lowest BCUT2D eigenvalue weighted by molar-refractivity contribution is -0.263. The normalized spacial score (nSPS) is 16.7. The Morgan fingerprint density at radius 1 is 1.13 bits per heavy atom. The molecule has 1 aromatic heterocycles. The first kappa shape index (κ1) is 23.9. The summed E-state index contributed by atoms with van der Waals surface area (Å²) >= 11 is 0. The van der Waals surface area contributed by atoms with Gasteiger partial charge in [-0.25, -0.2) is 18.2 Å². The average molecular weight is 436 g/mol. The molecular weight excluding hydrogens is 414 g/mol. The highest BCUT2D eigenvalue weighted by molar-refractivity contribution is 5.71. The number of aliphatic hydroxyl groups is 1. The van der Waals surface area contributed by atoms with Crippen molar-refractivity contribution in [2.24, 2.45) is 5.73 Å². The summed E-state index contributed by atoms with van der Waals surface area (Å²) in [5, 5.41) is 10.2. The van der Waals surface area contributed by atoms with E-state index in [-0.39, 0.29) is 22.6 Å². The Morgan fingerprint density at radius 3 is 2.17 bits per heavy atom. The molecule has 4 nitrogen and oxygen atoms in total. The van der Waals surface area contributed by atoms with E-state index in [9.17, 15) is 31.4 Å². The van der Waals surface area contributed by atoms with Gasteiger partial charge < -0.3 is 15.6 Å². The van der Waals surface area contributed by atoms with Gasteiger partial charge in [0.1, 0.15) is 37.2 Å². The number of alkyl halides is 5. The first-order valence-corrected chi connectivity index (χ1v) is 9.18. The van der Waals surface area contributed by atoms with Gasteiger partial charge in [-0.05, 0) is 30.3 Å². The Labute approximate surface area is 169 Å². The number of nitrogens with zero attached hydrogens (tertiary/aromatic N) is 1. The van der Waals surface area contributed by atoms with Crippen LogP contribution in [0, 0.1) is 5.82 Å². The third kappa shape index (κ3) is 3.85. The highest BCUT2D eigenvalue weighted by atomic mass is 19.4. The van der Waals surface area contributed by atoms with Crippen molar-refractivity contribution in [3.05, 3.63) is 47.4 Å². The molecule has 0 aliphatic carbocycles. The van der Waals surface area contributed by atoms with Gasteiger partial charge in [-0.2, -0.15) is 13.2 Å². The number of hydrogen-bond donors (Lipinski definition) is 2. The first-order chi connectivity index (χ1) is 14.1. The standard InChI is InChI=1S/C18H16F6N2O2.C2H6/c19-6-16(7-20)9-28-15-12(16)5-13(17(27,8-25)18(22,23)24)26-14(15)10-1-3-11(21)4-2-10;1-2/h1-5,27H,6-9,25H2;1-2H3. The van der Waals surface area contributed by atoms with Gasteiger partial charge >= 0.3 is 6.18 Å². The van der Waals surface area contributed by atoms with Crippen molar-refractivity contribution in [3.63, 3.8) is 0 Å². The Morgan fingerprint density at radius 2 is 1.70 bits per heavy atom. The Balaban J connectivity index is 0.00000155. The fourth-order valence-corrected chi connectivity index (χ4v) is 3.00. The maximum atomic E-state index is 13.7. The Bertz CT molecular complexity index is 869. The summed E-state index contributed by atoms with van der Waals surface area (Å²) in [5.41, 5.74) is -1.37. The summed E-state index contributed by atoms with van der Waals surface area (Å²) in [6, 6.07) is 5.31. The maximum absolute atomic E-state index is 13.7. The van der Waals surface area contributed by atoms with Crippen LogP contribution in [0.3, 0.4) is 0 Å². The SMILES string of the molecule is CC.NCC(O)(c1cc2c(c(-c3ccc(F)cc3)n1)OCC2(CF)CF)C(F)(F)F. The molecule has 1 atom stereocenters. The molecule has 1 aliphatic rings. The van der Waals surface area contributed by atoms with Gasteiger partial charge in [-0.1, -0.05) is 13.8 Å². The third-order valence-electron chi connectivity index (χ3n) is 4.85. The summed E-state index contributed by atoms with van der Waals surface area (Å²) in [4.78, 5) is 3.85. The fraction of sp³-hybridized carbons (Fsp3) is 0.450. The van der Waals surface area contributed by atoms with E-state index in [1.54, 1.807) is 0 Å². The highest BCUT2D eigenvalue weighted by Gasteiger charge is 2.56. The van der Waals surface area contributed by atoms with Crippen molar-refractivity contribution in [1.29, 1.82) is 0 Å². The number of fused-ring (bicyclic) bond motifs is 1. The molecule has 3 rings (SSSR count). The molecule has 0 bridgehead atoms. The van der Waals surface area contributed by atoms with Crippen LogP contribution < -0.4 is 10.5 Å². The molecule has 3 N–H and O–H groups in total. The monoisotopic (exact) mass is 436 g/mol. The molecule has 1 aromatic carbocycles. The lowest BCUT2D eigenvalue weighted by Crippen LogP contribution is -2.49. The molecule has 0 fully saturated rings.